The third kappa shape index (κ3) is 4.01. The van der Waals surface area contributed by atoms with Crippen molar-refractivity contribution in [2.75, 3.05) is 7.05 Å². The molecule has 0 aliphatic carbocycles. The van der Waals surface area contributed by atoms with Crippen molar-refractivity contribution in [1.29, 1.82) is 0 Å². The average Bonchev–Trinajstić information content (AvgIpc) is 2.38. The van der Waals surface area contributed by atoms with Crippen LogP contribution in [0.3, 0.4) is 0 Å². The van der Waals surface area contributed by atoms with Crippen LogP contribution < -0.4 is 10.1 Å². The Morgan fingerprint density at radius 1 is 1.26 bits per heavy atom. The number of nitrogens with one attached hydrogen (secondary N) is 1. The Morgan fingerprint density at radius 2 is 2.11 bits per heavy atom. The first kappa shape index (κ1) is 14.0. The van der Waals surface area contributed by atoms with E-state index in [1.807, 2.05) is 25.2 Å². The van der Waals surface area contributed by atoms with Crippen LogP contribution in [0.25, 0.3) is 0 Å². The number of nitrogens with zero attached hydrogens (tertiary/aromatic N) is 1. The van der Waals surface area contributed by atoms with Gasteiger partial charge in [0.1, 0.15) is 18.2 Å². The second-order valence-corrected chi connectivity index (χ2v) is 4.95. The minimum atomic E-state index is -0.357. The lowest BCUT2D eigenvalue weighted by atomic mass is 10.2. The van der Waals surface area contributed by atoms with Crippen molar-refractivity contribution in [2.24, 2.45) is 0 Å². The monoisotopic (exact) mass is 324 g/mol. The molecule has 0 aliphatic rings. The fourth-order valence-electron chi connectivity index (χ4n) is 1.67. The van der Waals surface area contributed by atoms with E-state index in [4.69, 9.17) is 4.74 Å². The predicted octanol–water partition coefficient (Wildman–Crippen LogP) is 3.28. The maximum atomic E-state index is 13.0. The summed E-state index contributed by atoms with van der Waals surface area (Å²) in [5.74, 6) is 0.369. The molecule has 5 heteroatoms. The van der Waals surface area contributed by atoms with Crippen LogP contribution in [0.2, 0.25) is 0 Å². The molecule has 19 heavy (non-hydrogen) atoms. The summed E-state index contributed by atoms with van der Waals surface area (Å²) >= 11 is 3.46. The fourth-order valence-corrected chi connectivity index (χ4v) is 2.21. The zero-order valence-electron chi connectivity index (χ0n) is 10.5. The van der Waals surface area contributed by atoms with E-state index >= 15 is 0 Å². The Morgan fingerprint density at radius 3 is 2.79 bits per heavy atom. The second-order valence-electron chi connectivity index (χ2n) is 4.10. The van der Waals surface area contributed by atoms with Gasteiger partial charge in [0.2, 0.25) is 0 Å². The molecule has 0 aliphatic heterocycles. The molecule has 0 spiro atoms. The van der Waals surface area contributed by atoms with Crippen molar-refractivity contribution in [1.82, 2.24) is 10.3 Å². The van der Waals surface area contributed by atoms with Crippen molar-refractivity contribution < 1.29 is 9.13 Å². The van der Waals surface area contributed by atoms with Crippen molar-refractivity contribution in [2.45, 2.75) is 13.2 Å². The number of halogens is 2. The number of pyridine rings is 1. The van der Waals surface area contributed by atoms with Gasteiger partial charge in [-0.3, -0.25) is 4.98 Å². The third-order valence-corrected chi connectivity index (χ3v) is 3.15. The van der Waals surface area contributed by atoms with Gasteiger partial charge in [0.15, 0.2) is 0 Å². The van der Waals surface area contributed by atoms with Gasteiger partial charge in [0, 0.05) is 18.3 Å². The fraction of sp³-hybridized carbons (Fsp3) is 0.214. The largest absolute Gasteiger partial charge is 0.488 e. The topological polar surface area (TPSA) is 34.1 Å². The van der Waals surface area contributed by atoms with Gasteiger partial charge in [-0.25, -0.2) is 4.39 Å². The molecule has 1 aromatic carbocycles. The summed E-state index contributed by atoms with van der Waals surface area (Å²) in [5, 5.41) is 3.08. The lowest BCUT2D eigenvalue weighted by molar-refractivity contribution is 0.303. The first-order chi connectivity index (χ1) is 9.19. The van der Waals surface area contributed by atoms with Crippen LogP contribution in [0.15, 0.2) is 41.1 Å². The Labute approximate surface area is 119 Å². The number of ether oxygens (including phenoxy) is 1. The van der Waals surface area contributed by atoms with Gasteiger partial charge in [0.05, 0.1) is 10.7 Å². The van der Waals surface area contributed by atoms with Crippen molar-refractivity contribution >= 4 is 15.9 Å². The van der Waals surface area contributed by atoms with Crippen molar-refractivity contribution in [3.63, 3.8) is 0 Å². The minimum Gasteiger partial charge on any atom is -0.488 e. The molecule has 3 nitrogen and oxygen atoms in total. The molecular formula is C14H14BrFN2O. The lowest BCUT2D eigenvalue weighted by Crippen LogP contribution is -2.05. The van der Waals surface area contributed by atoms with Gasteiger partial charge in [0.25, 0.3) is 0 Å². The lowest BCUT2D eigenvalue weighted by Gasteiger charge is -2.09. The molecule has 0 saturated carbocycles. The molecule has 0 atom stereocenters. The summed E-state index contributed by atoms with van der Waals surface area (Å²) in [6.07, 6.45) is 2.76. The van der Waals surface area contributed by atoms with Gasteiger partial charge in [-0.15, -0.1) is 0 Å². The molecule has 0 fully saturated rings. The van der Waals surface area contributed by atoms with Crippen LogP contribution in [0.4, 0.5) is 4.39 Å². The summed E-state index contributed by atoms with van der Waals surface area (Å²) in [6.45, 7) is 1.08. The first-order valence-corrected chi connectivity index (χ1v) is 6.63. The van der Waals surface area contributed by atoms with Gasteiger partial charge < -0.3 is 10.1 Å². The molecule has 0 amide bonds. The van der Waals surface area contributed by atoms with E-state index in [2.05, 4.69) is 26.2 Å². The molecule has 1 aromatic heterocycles. The number of rotatable bonds is 5. The highest BCUT2D eigenvalue weighted by atomic mass is 79.9. The molecule has 2 aromatic rings. The summed E-state index contributed by atoms with van der Waals surface area (Å²) in [4.78, 5) is 3.78. The van der Waals surface area contributed by atoms with Crippen LogP contribution >= 0.6 is 15.9 Å². The number of aromatic nitrogens is 1. The molecule has 1 N–H and O–H groups in total. The van der Waals surface area contributed by atoms with Gasteiger partial charge in [-0.05, 0) is 46.7 Å². The molecule has 1 heterocycles. The quantitative estimate of drug-likeness (QED) is 0.916. The zero-order chi connectivity index (χ0) is 13.7. The molecular weight excluding hydrogens is 311 g/mol. The van der Waals surface area contributed by atoms with E-state index < -0.39 is 0 Å². The summed E-state index contributed by atoms with van der Waals surface area (Å²) in [5.41, 5.74) is 1.86. The zero-order valence-corrected chi connectivity index (χ0v) is 12.1. The molecule has 0 radical (unpaired) electrons. The summed E-state index contributed by atoms with van der Waals surface area (Å²) in [7, 11) is 1.90. The van der Waals surface area contributed by atoms with Crippen LogP contribution in [0.5, 0.6) is 5.75 Å². The molecule has 2 rings (SSSR count). The Kier molecular flexibility index (Phi) is 4.87. The van der Waals surface area contributed by atoms with Crippen LogP contribution in [-0.2, 0) is 13.2 Å². The Balaban J connectivity index is 2.03. The molecule has 0 bridgehead atoms. The normalized spacial score (nSPS) is 10.5. The van der Waals surface area contributed by atoms with E-state index in [0.29, 0.717) is 5.56 Å². The summed E-state index contributed by atoms with van der Waals surface area (Å²) in [6, 6.07) is 7.29. The van der Waals surface area contributed by atoms with E-state index in [-0.39, 0.29) is 12.4 Å². The van der Waals surface area contributed by atoms with Gasteiger partial charge in [-0.1, -0.05) is 6.07 Å². The number of hydrogen-bond acceptors (Lipinski definition) is 3. The molecule has 0 unspecified atom stereocenters. The SMILES string of the molecule is CNCc1ccc(OCc2cncc(F)c2)c(Br)c1. The number of benzene rings is 1. The van der Waals surface area contributed by atoms with Crippen LogP contribution in [0, 0.1) is 5.82 Å². The highest BCUT2D eigenvalue weighted by Crippen LogP contribution is 2.26. The maximum Gasteiger partial charge on any atom is 0.141 e. The Hall–Kier alpha value is -1.46. The summed E-state index contributed by atoms with van der Waals surface area (Å²) < 4.78 is 19.5. The van der Waals surface area contributed by atoms with Crippen LogP contribution in [0.1, 0.15) is 11.1 Å². The highest BCUT2D eigenvalue weighted by molar-refractivity contribution is 9.10. The van der Waals surface area contributed by atoms with E-state index in [9.17, 15) is 4.39 Å². The standard InChI is InChI=1S/C14H14BrFN2O/c1-17-6-10-2-3-14(13(15)5-10)19-9-11-4-12(16)8-18-7-11/h2-5,7-8,17H,6,9H2,1H3. The molecule has 100 valence electrons. The van der Waals surface area contributed by atoms with Crippen molar-refractivity contribution in [3.8, 4) is 5.75 Å². The van der Waals surface area contributed by atoms with Gasteiger partial charge in [-0.2, -0.15) is 0 Å². The van der Waals surface area contributed by atoms with E-state index in [1.165, 1.54) is 12.3 Å². The maximum absolute atomic E-state index is 13.0. The van der Waals surface area contributed by atoms with E-state index in [1.54, 1.807) is 6.20 Å². The Bertz CT molecular complexity index is 563. The smallest absolute Gasteiger partial charge is 0.141 e. The van der Waals surface area contributed by atoms with Crippen molar-refractivity contribution in [3.05, 3.63) is 58.1 Å². The number of hydrogen-bond donors (Lipinski definition) is 1. The minimum absolute atomic E-state index is 0.286. The van der Waals surface area contributed by atoms with Crippen LogP contribution in [-0.4, -0.2) is 12.0 Å². The molecule has 0 saturated heterocycles. The first-order valence-electron chi connectivity index (χ1n) is 5.84. The highest BCUT2D eigenvalue weighted by Gasteiger charge is 2.04. The third-order valence-electron chi connectivity index (χ3n) is 2.53. The predicted molar refractivity (Wildman–Crippen MR) is 75.4 cm³/mol. The van der Waals surface area contributed by atoms with Gasteiger partial charge >= 0.3 is 0 Å². The second kappa shape index (κ2) is 6.63. The van der Waals surface area contributed by atoms with E-state index in [0.717, 1.165) is 22.3 Å². The average molecular weight is 325 g/mol.